The molecule has 0 saturated heterocycles. The van der Waals surface area contributed by atoms with Crippen LogP contribution in [0.1, 0.15) is 44.9 Å². The summed E-state index contributed by atoms with van der Waals surface area (Å²) >= 11 is 0. The first kappa shape index (κ1) is 22.5. The molecule has 0 spiro atoms. The maximum atomic E-state index is 12.1. The lowest BCUT2D eigenvalue weighted by Gasteiger charge is -2.22. The van der Waals surface area contributed by atoms with Gasteiger partial charge in [-0.3, -0.25) is 9.10 Å². The molecule has 158 valence electrons. The zero-order valence-corrected chi connectivity index (χ0v) is 17.7. The van der Waals surface area contributed by atoms with Gasteiger partial charge < -0.3 is 14.8 Å². The van der Waals surface area contributed by atoms with Crippen LogP contribution in [0.4, 0.5) is 5.69 Å². The Morgan fingerprint density at radius 2 is 2.00 bits per heavy atom. The minimum atomic E-state index is -3.44. The number of carbonyl (C=O) groups is 1. The van der Waals surface area contributed by atoms with E-state index in [-0.39, 0.29) is 18.9 Å². The van der Waals surface area contributed by atoms with E-state index in [0.717, 1.165) is 25.5 Å². The van der Waals surface area contributed by atoms with Crippen molar-refractivity contribution in [3.8, 4) is 5.75 Å². The number of anilines is 1. The van der Waals surface area contributed by atoms with E-state index in [1.54, 1.807) is 24.3 Å². The lowest BCUT2D eigenvalue weighted by molar-refractivity contribution is -0.121. The van der Waals surface area contributed by atoms with Crippen LogP contribution in [-0.4, -0.2) is 53.5 Å². The Balaban J connectivity index is 1.70. The maximum Gasteiger partial charge on any atom is 0.232 e. The molecule has 0 unspecified atom stereocenters. The second-order valence-electron chi connectivity index (χ2n) is 7.12. The number of nitrogens with zero attached hydrogens (tertiary/aromatic N) is 1. The largest absolute Gasteiger partial charge is 0.497 e. The van der Waals surface area contributed by atoms with E-state index in [1.165, 1.54) is 24.3 Å². The number of ether oxygens (including phenoxy) is 2. The van der Waals surface area contributed by atoms with Crippen LogP contribution in [0.2, 0.25) is 0 Å². The highest BCUT2D eigenvalue weighted by molar-refractivity contribution is 7.92. The summed E-state index contributed by atoms with van der Waals surface area (Å²) in [7, 11) is -1.91. The van der Waals surface area contributed by atoms with Crippen molar-refractivity contribution in [3.05, 3.63) is 24.3 Å². The van der Waals surface area contributed by atoms with E-state index >= 15 is 0 Å². The van der Waals surface area contributed by atoms with Crippen molar-refractivity contribution < 1.29 is 22.7 Å². The molecule has 1 N–H and O–H groups in total. The average Bonchev–Trinajstić information content (AvgIpc) is 3.17. The zero-order chi connectivity index (χ0) is 20.4. The highest BCUT2D eigenvalue weighted by Crippen LogP contribution is 2.23. The Kier molecular flexibility index (Phi) is 9.05. The normalized spacial score (nSPS) is 14.8. The number of amides is 1. The van der Waals surface area contributed by atoms with Crippen molar-refractivity contribution in [2.45, 2.75) is 51.0 Å². The first-order valence-corrected chi connectivity index (χ1v) is 11.7. The molecule has 1 saturated carbocycles. The molecule has 7 nitrogen and oxygen atoms in total. The fraction of sp³-hybridized carbons (Fsp3) is 0.650. The topological polar surface area (TPSA) is 84.9 Å². The Bertz CT molecular complexity index is 717. The Labute approximate surface area is 168 Å². The van der Waals surface area contributed by atoms with Gasteiger partial charge in [-0.2, -0.15) is 0 Å². The molecule has 1 aliphatic rings. The number of hydrogen-bond donors (Lipinski definition) is 1. The lowest BCUT2D eigenvalue weighted by atomic mass is 10.2. The van der Waals surface area contributed by atoms with Crippen molar-refractivity contribution in [2.75, 3.05) is 37.4 Å². The van der Waals surface area contributed by atoms with Crippen molar-refractivity contribution in [3.63, 3.8) is 0 Å². The molecule has 2 rings (SSSR count). The van der Waals surface area contributed by atoms with Gasteiger partial charge in [0.25, 0.3) is 0 Å². The highest BCUT2D eigenvalue weighted by Gasteiger charge is 2.18. The number of benzene rings is 1. The van der Waals surface area contributed by atoms with Crippen LogP contribution in [0.25, 0.3) is 0 Å². The van der Waals surface area contributed by atoms with Crippen molar-refractivity contribution in [2.24, 2.45) is 0 Å². The number of sulfonamides is 1. The van der Waals surface area contributed by atoms with Gasteiger partial charge in [0.2, 0.25) is 15.9 Å². The summed E-state index contributed by atoms with van der Waals surface area (Å²) in [4.78, 5) is 12.0. The van der Waals surface area contributed by atoms with Crippen molar-refractivity contribution in [1.29, 1.82) is 0 Å². The molecule has 0 atom stereocenters. The monoisotopic (exact) mass is 412 g/mol. The summed E-state index contributed by atoms with van der Waals surface area (Å²) in [6.07, 6.45) is 7.87. The molecular weight excluding hydrogens is 380 g/mol. The molecule has 1 amide bonds. The number of rotatable bonds is 12. The number of nitrogens with one attached hydrogen (secondary N) is 1. The first-order valence-electron chi connectivity index (χ1n) is 9.90. The summed E-state index contributed by atoms with van der Waals surface area (Å²) in [5.74, 6) is 0.517. The average molecular weight is 413 g/mol. The van der Waals surface area contributed by atoms with Gasteiger partial charge in [-0.1, -0.05) is 18.9 Å². The SMILES string of the molecule is COc1cccc(N(CCCC(=O)NCCCOC2CCCC2)S(C)(=O)=O)c1. The first-order chi connectivity index (χ1) is 13.4. The summed E-state index contributed by atoms with van der Waals surface area (Å²) < 4.78 is 36.5. The Morgan fingerprint density at radius 3 is 2.68 bits per heavy atom. The van der Waals surface area contributed by atoms with E-state index in [9.17, 15) is 13.2 Å². The van der Waals surface area contributed by atoms with E-state index < -0.39 is 10.0 Å². The fourth-order valence-electron chi connectivity index (χ4n) is 3.33. The summed E-state index contributed by atoms with van der Waals surface area (Å²) in [5, 5.41) is 2.87. The van der Waals surface area contributed by atoms with Crippen LogP contribution >= 0.6 is 0 Å². The van der Waals surface area contributed by atoms with Gasteiger partial charge >= 0.3 is 0 Å². The van der Waals surface area contributed by atoms with Gasteiger partial charge in [-0.25, -0.2) is 8.42 Å². The van der Waals surface area contributed by atoms with Crippen LogP contribution in [0.5, 0.6) is 5.75 Å². The summed E-state index contributed by atoms with van der Waals surface area (Å²) in [6.45, 7) is 1.49. The molecule has 1 aromatic rings. The third-order valence-electron chi connectivity index (χ3n) is 4.81. The predicted octanol–water partition coefficient (Wildman–Crippen LogP) is 2.71. The molecular formula is C20H32N2O5S. The smallest absolute Gasteiger partial charge is 0.232 e. The molecule has 8 heteroatoms. The number of methoxy groups -OCH3 is 1. The molecule has 0 aliphatic heterocycles. The van der Waals surface area contributed by atoms with Crippen LogP contribution < -0.4 is 14.4 Å². The van der Waals surface area contributed by atoms with Gasteiger partial charge in [0, 0.05) is 32.2 Å². The quantitative estimate of drug-likeness (QED) is 0.534. The summed E-state index contributed by atoms with van der Waals surface area (Å²) in [5.41, 5.74) is 0.534. The predicted molar refractivity (Wildman–Crippen MR) is 110 cm³/mol. The minimum Gasteiger partial charge on any atom is -0.497 e. The number of carbonyl (C=O) groups excluding carboxylic acids is 1. The molecule has 0 radical (unpaired) electrons. The maximum absolute atomic E-state index is 12.1. The molecule has 1 fully saturated rings. The third-order valence-corrected chi connectivity index (χ3v) is 6.00. The van der Waals surface area contributed by atoms with Gasteiger partial charge in [-0.15, -0.1) is 0 Å². The molecule has 1 aliphatic carbocycles. The zero-order valence-electron chi connectivity index (χ0n) is 16.9. The fourth-order valence-corrected chi connectivity index (χ4v) is 4.29. The number of hydrogen-bond acceptors (Lipinski definition) is 5. The summed E-state index contributed by atoms with van der Waals surface area (Å²) in [6, 6.07) is 6.89. The lowest BCUT2D eigenvalue weighted by Crippen LogP contribution is -2.32. The van der Waals surface area contributed by atoms with Crippen molar-refractivity contribution in [1.82, 2.24) is 5.32 Å². The van der Waals surface area contributed by atoms with Gasteiger partial charge in [-0.05, 0) is 37.8 Å². The van der Waals surface area contributed by atoms with Gasteiger partial charge in [0.15, 0.2) is 0 Å². The van der Waals surface area contributed by atoms with E-state index in [4.69, 9.17) is 9.47 Å². The van der Waals surface area contributed by atoms with Crippen LogP contribution in [0.15, 0.2) is 24.3 Å². The molecule has 0 bridgehead atoms. The van der Waals surface area contributed by atoms with Crippen molar-refractivity contribution >= 4 is 21.6 Å². The van der Waals surface area contributed by atoms with Crippen LogP contribution in [-0.2, 0) is 19.6 Å². The molecule has 28 heavy (non-hydrogen) atoms. The third kappa shape index (κ3) is 7.67. The van der Waals surface area contributed by atoms with Crippen LogP contribution in [0, 0.1) is 0 Å². The Morgan fingerprint density at radius 1 is 1.25 bits per heavy atom. The highest BCUT2D eigenvalue weighted by atomic mass is 32.2. The minimum absolute atomic E-state index is 0.0695. The standard InChI is InChI=1S/C20H32N2O5S/c1-26-19-11-5-8-17(16-19)22(28(2,24)25)14-6-12-20(23)21-13-7-15-27-18-9-3-4-10-18/h5,8,11,16,18H,3-4,6-7,9-10,12-15H2,1-2H3,(H,21,23). The molecule has 1 aromatic carbocycles. The molecule has 0 heterocycles. The second kappa shape index (κ2) is 11.3. The van der Waals surface area contributed by atoms with E-state index in [0.29, 0.717) is 37.1 Å². The van der Waals surface area contributed by atoms with E-state index in [1.807, 2.05) is 0 Å². The molecule has 0 aromatic heterocycles. The van der Waals surface area contributed by atoms with Gasteiger partial charge in [0.05, 0.1) is 25.2 Å². The van der Waals surface area contributed by atoms with Gasteiger partial charge in [0.1, 0.15) is 5.75 Å². The Hall–Kier alpha value is -1.80. The van der Waals surface area contributed by atoms with Crippen LogP contribution in [0.3, 0.4) is 0 Å². The van der Waals surface area contributed by atoms with E-state index in [2.05, 4.69) is 5.32 Å². The second-order valence-corrected chi connectivity index (χ2v) is 9.03.